The van der Waals surface area contributed by atoms with E-state index in [0.717, 1.165) is 35.2 Å². The van der Waals surface area contributed by atoms with Gasteiger partial charge in [-0.2, -0.15) is 0 Å². The quantitative estimate of drug-likeness (QED) is 0.249. The summed E-state index contributed by atoms with van der Waals surface area (Å²) in [5, 5.41) is 1.90. The first kappa shape index (κ1) is 17.4. The number of halogens is 4. The maximum absolute atomic E-state index is 12.8. The van der Waals surface area contributed by atoms with Crippen molar-refractivity contribution in [1.82, 2.24) is 9.97 Å². The Bertz CT molecular complexity index is 1220. The summed E-state index contributed by atoms with van der Waals surface area (Å²) >= 11 is 14.3. The van der Waals surface area contributed by atoms with Crippen molar-refractivity contribution in [2.45, 2.75) is 0 Å². The van der Waals surface area contributed by atoms with Crippen LogP contribution in [0.25, 0.3) is 33.1 Å². The number of nitrogens with one attached hydrogen (secondary N) is 1. The Hall–Kier alpha value is -1.02. The molecule has 2 heterocycles. The predicted molar refractivity (Wildman–Crippen MR) is 116 cm³/mol. The summed E-state index contributed by atoms with van der Waals surface area (Å²) < 4.78 is 3.24. The van der Waals surface area contributed by atoms with Gasteiger partial charge in [-0.3, -0.25) is 4.79 Å². The van der Waals surface area contributed by atoms with Crippen molar-refractivity contribution in [2.24, 2.45) is 0 Å². The van der Waals surface area contributed by atoms with Gasteiger partial charge in [-0.25, -0.2) is 4.98 Å². The van der Waals surface area contributed by atoms with Crippen LogP contribution >= 0.6 is 63.7 Å². The minimum Gasteiger partial charge on any atom is -0.320 e. The molecule has 4 aromatic rings. The maximum atomic E-state index is 12.8. The zero-order valence-electron chi connectivity index (χ0n) is 12.4. The van der Waals surface area contributed by atoms with Gasteiger partial charge in [0.25, 0.3) is 5.56 Å². The molecule has 124 valence electrons. The first-order valence-corrected chi connectivity index (χ1v) is 10.4. The number of rotatable bonds is 1. The third kappa shape index (κ3) is 2.91. The highest BCUT2D eigenvalue weighted by atomic mass is 79.9. The maximum Gasteiger partial charge on any atom is 0.259 e. The van der Waals surface area contributed by atoms with Gasteiger partial charge in [0.1, 0.15) is 0 Å². The largest absolute Gasteiger partial charge is 0.320 e. The average molecular weight is 588 g/mol. The second-order valence-electron chi connectivity index (χ2n) is 5.44. The summed E-state index contributed by atoms with van der Waals surface area (Å²) in [6, 6.07) is 13.6. The highest BCUT2D eigenvalue weighted by Crippen LogP contribution is 2.41. The molecule has 0 atom stereocenters. The van der Waals surface area contributed by atoms with E-state index in [2.05, 4.69) is 73.7 Å². The number of hydrogen-bond donors (Lipinski definition) is 1. The molecule has 25 heavy (non-hydrogen) atoms. The van der Waals surface area contributed by atoms with Crippen molar-refractivity contribution in [3.05, 3.63) is 70.7 Å². The second kappa shape index (κ2) is 6.61. The molecule has 4 rings (SSSR count). The number of para-hydroxylation sites is 1. The number of pyridine rings is 2. The lowest BCUT2D eigenvalue weighted by Crippen LogP contribution is -2.11. The third-order valence-electron chi connectivity index (χ3n) is 3.93. The van der Waals surface area contributed by atoms with Crippen molar-refractivity contribution >= 4 is 85.5 Å². The average Bonchev–Trinajstić information content (AvgIpc) is 2.59. The molecule has 2 aromatic carbocycles. The molecule has 0 aliphatic carbocycles. The molecule has 3 nitrogen and oxygen atoms in total. The fraction of sp³-hybridized carbons (Fsp3) is 0. The van der Waals surface area contributed by atoms with E-state index in [1.165, 1.54) is 0 Å². The standard InChI is InChI=1S/C18H8Br4N2O/c19-9-7-10(20)17-14(15(9)21)16(22)13(18(25)24-17)12-6-5-8-3-1-2-4-11(8)23-12/h1-7H,(H,24,25). The summed E-state index contributed by atoms with van der Waals surface area (Å²) in [6.07, 6.45) is 0. The smallest absolute Gasteiger partial charge is 0.259 e. The van der Waals surface area contributed by atoms with Crippen molar-refractivity contribution in [3.63, 3.8) is 0 Å². The van der Waals surface area contributed by atoms with Crippen LogP contribution in [0.1, 0.15) is 0 Å². The van der Waals surface area contributed by atoms with Gasteiger partial charge in [0.05, 0.1) is 22.3 Å². The highest BCUT2D eigenvalue weighted by molar-refractivity contribution is 9.13. The van der Waals surface area contributed by atoms with E-state index in [4.69, 9.17) is 0 Å². The molecule has 0 aliphatic heterocycles. The van der Waals surface area contributed by atoms with Crippen LogP contribution in [0.5, 0.6) is 0 Å². The van der Waals surface area contributed by atoms with Crippen LogP contribution in [0.3, 0.4) is 0 Å². The number of nitrogens with zero attached hydrogens (tertiary/aromatic N) is 1. The zero-order chi connectivity index (χ0) is 17.7. The number of fused-ring (bicyclic) bond motifs is 2. The monoisotopic (exact) mass is 584 g/mol. The molecular weight excluding hydrogens is 580 g/mol. The third-order valence-corrected chi connectivity index (χ3v) is 7.33. The van der Waals surface area contributed by atoms with Crippen LogP contribution in [-0.2, 0) is 0 Å². The van der Waals surface area contributed by atoms with Crippen LogP contribution in [0.2, 0.25) is 0 Å². The lowest BCUT2D eigenvalue weighted by atomic mass is 10.1. The fourth-order valence-corrected chi connectivity index (χ4v) is 5.58. The van der Waals surface area contributed by atoms with E-state index in [0.29, 0.717) is 15.7 Å². The minimum atomic E-state index is -0.197. The number of benzene rings is 2. The van der Waals surface area contributed by atoms with Gasteiger partial charge in [0.15, 0.2) is 0 Å². The number of H-pyrrole nitrogens is 1. The first-order valence-electron chi connectivity index (χ1n) is 7.22. The molecular formula is C18H8Br4N2O. The van der Waals surface area contributed by atoms with Gasteiger partial charge in [0, 0.05) is 28.7 Å². The van der Waals surface area contributed by atoms with E-state index >= 15 is 0 Å². The van der Waals surface area contributed by atoms with Crippen LogP contribution < -0.4 is 5.56 Å². The van der Waals surface area contributed by atoms with Crippen LogP contribution in [0, 0.1) is 0 Å². The highest BCUT2D eigenvalue weighted by Gasteiger charge is 2.19. The molecule has 2 aromatic heterocycles. The Kier molecular flexibility index (Phi) is 4.60. The number of aromatic amines is 1. The zero-order valence-corrected chi connectivity index (χ0v) is 18.8. The Morgan fingerprint density at radius 2 is 1.64 bits per heavy atom. The van der Waals surface area contributed by atoms with E-state index < -0.39 is 0 Å². The molecule has 1 N–H and O–H groups in total. The Morgan fingerprint density at radius 1 is 0.880 bits per heavy atom. The topological polar surface area (TPSA) is 45.8 Å². The van der Waals surface area contributed by atoms with Crippen molar-refractivity contribution < 1.29 is 0 Å². The first-order chi connectivity index (χ1) is 12.0. The Morgan fingerprint density at radius 3 is 2.44 bits per heavy atom. The Labute approximate surface area is 176 Å². The van der Waals surface area contributed by atoms with Gasteiger partial charge < -0.3 is 4.98 Å². The van der Waals surface area contributed by atoms with Crippen molar-refractivity contribution in [2.75, 3.05) is 0 Å². The normalized spacial score (nSPS) is 11.4. The summed E-state index contributed by atoms with van der Waals surface area (Å²) in [4.78, 5) is 20.4. The summed E-state index contributed by atoms with van der Waals surface area (Å²) in [5.74, 6) is 0. The molecule has 0 amide bonds. The van der Waals surface area contributed by atoms with Gasteiger partial charge in [-0.1, -0.05) is 24.3 Å². The summed E-state index contributed by atoms with van der Waals surface area (Å²) in [7, 11) is 0. The van der Waals surface area contributed by atoms with Crippen LogP contribution in [0.4, 0.5) is 0 Å². The van der Waals surface area contributed by atoms with Gasteiger partial charge in [-0.15, -0.1) is 0 Å². The fourth-order valence-electron chi connectivity index (χ4n) is 2.76. The SMILES string of the molecule is O=c1[nH]c2c(Br)cc(Br)c(Br)c2c(Br)c1-c1ccc2ccccc2n1. The molecule has 0 saturated carbocycles. The van der Waals surface area contributed by atoms with E-state index in [1.807, 2.05) is 42.5 Å². The Balaban J connectivity index is 2.10. The second-order valence-corrected chi connectivity index (χ2v) is 8.73. The molecule has 0 bridgehead atoms. The van der Waals surface area contributed by atoms with E-state index in [9.17, 15) is 4.79 Å². The predicted octanol–water partition coefficient (Wildman–Crippen LogP) is 6.79. The molecule has 0 spiro atoms. The molecule has 0 unspecified atom stereocenters. The van der Waals surface area contributed by atoms with E-state index in [1.54, 1.807) is 0 Å². The van der Waals surface area contributed by atoms with Crippen molar-refractivity contribution in [3.8, 4) is 11.3 Å². The van der Waals surface area contributed by atoms with Crippen LogP contribution in [-0.4, -0.2) is 9.97 Å². The number of aromatic nitrogens is 2. The van der Waals surface area contributed by atoms with Gasteiger partial charge in [-0.05, 0) is 81.9 Å². The van der Waals surface area contributed by atoms with Gasteiger partial charge >= 0.3 is 0 Å². The number of hydrogen-bond acceptors (Lipinski definition) is 2. The molecule has 0 aliphatic rings. The van der Waals surface area contributed by atoms with Gasteiger partial charge in [0.2, 0.25) is 0 Å². The summed E-state index contributed by atoms with van der Waals surface area (Å²) in [5.41, 5.74) is 2.50. The molecule has 0 fully saturated rings. The lowest BCUT2D eigenvalue weighted by Gasteiger charge is -2.12. The minimum absolute atomic E-state index is 0.197. The summed E-state index contributed by atoms with van der Waals surface area (Å²) in [6.45, 7) is 0. The molecule has 0 saturated heterocycles. The van der Waals surface area contributed by atoms with Crippen molar-refractivity contribution in [1.29, 1.82) is 0 Å². The van der Waals surface area contributed by atoms with Crippen LogP contribution in [0.15, 0.2) is 65.1 Å². The lowest BCUT2D eigenvalue weighted by molar-refractivity contribution is 1.26. The molecule has 0 radical (unpaired) electrons. The van der Waals surface area contributed by atoms with E-state index in [-0.39, 0.29) is 5.56 Å². The molecule has 7 heteroatoms.